The molecule has 1 saturated heterocycles. The number of hydrogen-bond acceptors (Lipinski definition) is 5. The first-order chi connectivity index (χ1) is 15.4. The summed E-state index contributed by atoms with van der Waals surface area (Å²) in [5.41, 5.74) is 2.29. The summed E-state index contributed by atoms with van der Waals surface area (Å²) in [4.78, 5) is 15.5. The normalized spacial score (nSPS) is 14.1. The molecule has 0 spiro atoms. The van der Waals surface area contributed by atoms with Crippen LogP contribution in [0.2, 0.25) is 0 Å². The van der Waals surface area contributed by atoms with Gasteiger partial charge in [-0.05, 0) is 55.2 Å². The highest BCUT2D eigenvalue weighted by Crippen LogP contribution is 2.28. The van der Waals surface area contributed by atoms with E-state index in [-0.39, 0.29) is 10.8 Å². The van der Waals surface area contributed by atoms with Crippen molar-refractivity contribution in [2.45, 2.75) is 38.0 Å². The van der Waals surface area contributed by atoms with Crippen LogP contribution in [-0.2, 0) is 16.4 Å². The Balaban J connectivity index is 1.81. The molecule has 32 heavy (non-hydrogen) atoms. The van der Waals surface area contributed by atoms with Gasteiger partial charge in [-0.15, -0.1) is 0 Å². The number of rotatable bonds is 10. The van der Waals surface area contributed by atoms with Crippen LogP contribution in [0.5, 0.6) is 5.75 Å². The van der Waals surface area contributed by atoms with Crippen molar-refractivity contribution in [1.82, 2.24) is 9.62 Å². The van der Waals surface area contributed by atoms with Crippen LogP contribution in [0.25, 0.3) is 0 Å². The molecule has 0 unspecified atom stereocenters. The zero-order valence-electron chi connectivity index (χ0n) is 19.1. The number of methoxy groups -OCH3 is 1. The van der Waals surface area contributed by atoms with Crippen molar-refractivity contribution in [1.29, 1.82) is 0 Å². The van der Waals surface area contributed by atoms with E-state index in [1.54, 1.807) is 19.2 Å². The fraction of sp³-hybridized carbons (Fsp3) is 0.458. The number of carbonyl (C=O) groups excluding carboxylic acids is 1. The van der Waals surface area contributed by atoms with Crippen molar-refractivity contribution >= 4 is 21.6 Å². The monoisotopic (exact) mass is 459 g/mol. The van der Waals surface area contributed by atoms with Gasteiger partial charge >= 0.3 is 0 Å². The summed E-state index contributed by atoms with van der Waals surface area (Å²) in [7, 11) is -2.02. The van der Waals surface area contributed by atoms with Crippen LogP contribution in [-0.4, -0.2) is 58.5 Å². The Kier molecular flexibility index (Phi) is 8.15. The quantitative estimate of drug-likeness (QED) is 0.590. The summed E-state index contributed by atoms with van der Waals surface area (Å²) in [5.74, 6) is 0.538. The van der Waals surface area contributed by atoms with Crippen molar-refractivity contribution in [3.63, 3.8) is 0 Å². The lowest BCUT2D eigenvalue weighted by molar-refractivity contribution is 0.0954. The third-order valence-corrected chi connectivity index (χ3v) is 7.91. The number of amides is 1. The van der Waals surface area contributed by atoms with Gasteiger partial charge in [0, 0.05) is 38.4 Å². The predicted octanol–water partition coefficient (Wildman–Crippen LogP) is 3.30. The van der Waals surface area contributed by atoms with Crippen LogP contribution < -0.4 is 15.0 Å². The summed E-state index contributed by atoms with van der Waals surface area (Å²) in [5, 5.41) is 2.97. The van der Waals surface area contributed by atoms with Crippen molar-refractivity contribution < 1.29 is 17.9 Å². The maximum Gasteiger partial charge on any atom is 0.253 e. The highest BCUT2D eigenvalue weighted by atomic mass is 32.2. The fourth-order valence-corrected chi connectivity index (χ4v) is 5.50. The third kappa shape index (κ3) is 5.42. The molecule has 0 radical (unpaired) electrons. The van der Waals surface area contributed by atoms with Crippen molar-refractivity contribution in [3.8, 4) is 5.75 Å². The maximum atomic E-state index is 13.1. The van der Waals surface area contributed by atoms with Gasteiger partial charge in [0.1, 0.15) is 5.75 Å². The Morgan fingerprint density at radius 2 is 1.72 bits per heavy atom. The van der Waals surface area contributed by atoms with Gasteiger partial charge in [-0.2, -0.15) is 4.31 Å². The van der Waals surface area contributed by atoms with Gasteiger partial charge in [0.25, 0.3) is 5.91 Å². The second-order valence-corrected chi connectivity index (χ2v) is 9.75. The number of anilines is 1. The SMILES string of the molecule is CCN(CC)S(=O)(=O)c1ccc(N2CCCC2)c(C(=O)NCCc2ccc(OC)cc2)c1. The van der Waals surface area contributed by atoms with Crippen LogP contribution in [0.3, 0.4) is 0 Å². The molecule has 0 bridgehead atoms. The molecule has 0 aliphatic carbocycles. The zero-order valence-corrected chi connectivity index (χ0v) is 20.0. The summed E-state index contributed by atoms with van der Waals surface area (Å²) in [6.45, 7) is 6.59. The molecule has 2 aromatic rings. The third-order valence-electron chi connectivity index (χ3n) is 5.86. The maximum absolute atomic E-state index is 13.1. The average Bonchev–Trinajstić information content (AvgIpc) is 3.34. The summed E-state index contributed by atoms with van der Waals surface area (Å²) < 4.78 is 32.6. The van der Waals surface area contributed by atoms with Gasteiger partial charge < -0.3 is 15.0 Å². The second-order valence-electron chi connectivity index (χ2n) is 7.82. The molecule has 1 aliphatic heterocycles. The topological polar surface area (TPSA) is 79.0 Å². The largest absolute Gasteiger partial charge is 0.497 e. The average molecular weight is 460 g/mol. The smallest absolute Gasteiger partial charge is 0.253 e. The van der Waals surface area contributed by atoms with Crippen LogP contribution in [0.15, 0.2) is 47.4 Å². The molecular formula is C24H33N3O4S. The first-order valence-electron chi connectivity index (χ1n) is 11.2. The van der Waals surface area contributed by atoms with Crippen molar-refractivity contribution in [2.75, 3.05) is 44.7 Å². The van der Waals surface area contributed by atoms with E-state index in [9.17, 15) is 13.2 Å². The number of benzene rings is 2. The minimum atomic E-state index is -3.64. The lowest BCUT2D eigenvalue weighted by Gasteiger charge is -2.23. The highest BCUT2D eigenvalue weighted by molar-refractivity contribution is 7.89. The molecule has 7 nitrogen and oxygen atoms in total. The van der Waals surface area contributed by atoms with Gasteiger partial charge in [-0.25, -0.2) is 8.42 Å². The Morgan fingerprint density at radius 1 is 1.06 bits per heavy atom. The van der Waals surface area contributed by atoms with Crippen LogP contribution >= 0.6 is 0 Å². The molecule has 0 saturated carbocycles. The van der Waals surface area contributed by atoms with Crippen LogP contribution in [0.1, 0.15) is 42.6 Å². The highest BCUT2D eigenvalue weighted by Gasteiger charge is 2.26. The molecule has 1 fully saturated rings. The van der Waals surface area contributed by atoms with E-state index in [1.807, 2.05) is 38.1 Å². The van der Waals surface area contributed by atoms with E-state index >= 15 is 0 Å². The molecular weight excluding hydrogens is 426 g/mol. The Morgan fingerprint density at radius 3 is 2.31 bits per heavy atom. The molecule has 174 valence electrons. The number of carbonyl (C=O) groups is 1. The molecule has 1 heterocycles. The fourth-order valence-electron chi connectivity index (χ4n) is 4.01. The van der Waals surface area contributed by atoms with Gasteiger partial charge in [-0.3, -0.25) is 4.79 Å². The van der Waals surface area contributed by atoms with E-state index < -0.39 is 10.0 Å². The molecule has 8 heteroatoms. The van der Waals surface area contributed by atoms with Crippen LogP contribution in [0.4, 0.5) is 5.69 Å². The number of hydrogen-bond donors (Lipinski definition) is 1. The standard InChI is InChI=1S/C24H33N3O4S/c1-4-27(5-2)32(29,30)21-12-13-23(26-16-6-7-17-26)22(18-21)24(28)25-15-14-19-8-10-20(31-3)11-9-19/h8-13,18H,4-7,14-17H2,1-3H3,(H,25,28). The lowest BCUT2D eigenvalue weighted by Crippen LogP contribution is -2.32. The minimum Gasteiger partial charge on any atom is -0.497 e. The molecule has 0 atom stereocenters. The van der Waals surface area contributed by atoms with Gasteiger partial charge in [0.15, 0.2) is 0 Å². The number of sulfonamides is 1. The van der Waals surface area contributed by atoms with E-state index in [4.69, 9.17) is 4.74 Å². The van der Waals surface area contributed by atoms with Gasteiger partial charge in [0.2, 0.25) is 10.0 Å². The zero-order chi connectivity index (χ0) is 23.1. The summed E-state index contributed by atoms with van der Waals surface area (Å²) in [6.07, 6.45) is 2.81. The second kappa shape index (κ2) is 10.8. The molecule has 1 aliphatic rings. The van der Waals surface area contributed by atoms with E-state index in [0.717, 1.165) is 42.9 Å². The van der Waals surface area contributed by atoms with Gasteiger partial charge in [0.05, 0.1) is 17.6 Å². The van der Waals surface area contributed by atoms with E-state index in [0.29, 0.717) is 31.6 Å². The molecule has 2 aromatic carbocycles. The van der Waals surface area contributed by atoms with E-state index in [1.165, 1.54) is 10.4 Å². The molecule has 0 aromatic heterocycles. The number of nitrogens with zero attached hydrogens (tertiary/aromatic N) is 2. The van der Waals surface area contributed by atoms with Gasteiger partial charge in [-0.1, -0.05) is 26.0 Å². The number of nitrogens with one attached hydrogen (secondary N) is 1. The molecule has 1 amide bonds. The predicted molar refractivity (Wildman–Crippen MR) is 127 cm³/mol. The number of ether oxygens (including phenoxy) is 1. The molecule has 3 rings (SSSR count). The Hall–Kier alpha value is -2.58. The lowest BCUT2D eigenvalue weighted by atomic mass is 10.1. The molecule has 1 N–H and O–H groups in total. The van der Waals surface area contributed by atoms with Crippen molar-refractivity contribution in [2.24, 2.45) is 0 Å². The Bertz CT molecular complexity index is 1010. The first kappa shape index (κ1) is 24.1. The minimum absolute atomic E-state index is 0.157. The first-order valence-corrected chi connectivity index (χ1v) is 12.6. The van der Waals surface area contributed by atoms with Crippen LogP contribution in [0, 0.1) is 0 Å². The summed E-state index contributed by atoms with van der Waals surface area (Å²) >= 11 is 0. The summed E-state index contributed by atoms with van der Waals surface area (Å²) in [6, 6.07) is 12.7. The van der Waals surface area contributed by atoms with E-state index in [2.05, 4.69) is 10.2 Å². The van der Waals surface area contributed by atoms with Crippen molar-refractivity contribution in [3.05, 3.63) is 53.6 Å². The Labute approximate surface area is 191 Å².